The first-order valence-electron chi connectivity index (χ1n) is 6.95. The summed E-state index contributed by atoms with van der Waals surface area (Å²) in [7, 11) is 0. The first-order chi connectivity index (χ1) is 11.5. The van der Waals surface area contributed by atoms with E-state index in [9.17, 15) is 5.11 Å². The summed E-state index contributed by atoms with van der Waals surface area (Å²) >= 11 is 14.9. The van der Waals surface area contributed by atoms with Crippen LogP contribution in [0.2, 0.25) is 5.02 Å². The minimum absolute atomic E-state index is 0.136. The van der Waals surface area contributed by atoms with Crippen LogP contribution >= 0.6 is 39.7 Å². The Morgan fingerprint density at radius 2 is 2.08 bits per heavy atom. The van der Waals surface area contributed by atoms with Crippen LogP contribution in [-0.2, 0) is 6.54 Å². The third-order valence-electron chi connectivity index (χ3n) is 3.31. The van der Waals surface area contributed by atoms with Crippen molar-refractivity contribution in [3.05, 3.63) is 74.2 Å². The molecule has 3 rings (SSSR count). The summed E-state index contributed by atoms with van der Waals surface area (Å²) in [5, 5.41) is 19.0. The maximum Gasteiger partial charge on any atom is 0.219 e. The quantitative estimate of drug-likeness (QED) is 0.498. The van der Waals surface area contributed by atoms with Gasteiger partial charge in [0.05, 0.1) is 12.8 Å². The Hall–Kier alpha value is -1.96. The van der Waals surface area contributed by atoms with Crippen LogP contribution in [0.3, 0.4) is 0 Å². The van der Waals surface area contributed by atoms with E-state index in [2.05, 4.69) is 26.1 Å². The summed E-state index contributed by atoms with van der Waals surface area (Å²) < 4.78 is 4.38. The summed E-state index contributed by atoms with van der Waals surface area (Å²) in [6.45, 7) is 0.461. The van der Waals surface area contributed by atoms with Gasteiger partial charge in [0.2, 0.25) is 4.77 Å². The smallest absolute Gasteiger partial charge is 0.219 e. The maximum atomic E-state index is 9.83. The molecule has 0 saturated heterocycles. The highest BCUT2D eigenvalue weighted by Crippen LogP contribution is 2.20. The zero-order chi connectivity index (χ0) is 17.1. The fourth-order valence-corrected chi connectivity index (χ4v) is 2.84. The molecule has 24 heavy (non-hydrogen) atoms. The van der Waals surface area contributed by atoms with Gasteiger partial charge in [0.25, 0.3) is 0 Å². The summed E-state index contributed by atoms with van der Waals surface area (Å²) in [5.74, 6) is 0.136. The fourth-order valence-electron chi connectivity index (χ4n) is 2.06. The van der Waals surface area contributed by atoms with E-state index in [0.29, 0.717) is 21.9 Å². The van der Waals surface area contributed by atoms with E-state index >= 15 is 0 Å². The second-order valence-corrected chi connectivity index (χ2v) is 6.64. The standard InChI is InChI=1S/C16H12BrClN4OS/c17-13-5-6-15(23)12(7-13)8-19-22-10-20-21(16(22)24)9-11-3-1-2-4-14(11)18/h1-8,10,23H,9H2/b19-8+. The van der Waals surface area contributed by atoms with Gasteiger partial charge in [0, 0.05) is 15.1 Å². The molecule has 3 aromatic rings. The van der Waals surface area contributed by atoms with Gasteiger partial charge in [-0.25, -0.2) is 4.68 Å². The Kier molecular flexibility index (Phi) is 5.13. The first-order valence-corrected chi connectivity index (χ1v) is 8.53. The van der Waals surface area contributed by atoms with Gasteiger partial charge >= 0.3 is 0 Å². The molecule has 8 heteroatoms. The van der Waals surface area contributed by atoms with E-state index in [4.69, 9.17) is 23.8 Å². The molecule has 0 bridgehead atoms. The van der Waals surface area contributed by atoms with Crippen molar-refractivity contribution in [2.45, 2.75) is 6.54 Å². The van der Waals surface area contributed by atoms with E-state index < -0.39 is 0 Å². The molecule has 0 aliphatic heterocycles. The van der Waals surface area contributed by atoms with Gasteiger partial charge in [-0.05, 0) is 42.0 Å². The van der Waals surface area contributed by atoms with Crippen LogP contribution in [0, 0.1) is 4.77 Å². The number of nitrogens with zero attached hydrogens (tertiary/aromatic N) is 4. The number of benzene rings is 2. The Balaban J connectivity index is 1.85. The number of hydrogen-bond acceptors (Lipinski definition) is 4. The molecule has 5 nitrogen and oxygen atoms in total. The summed E-state index contributed by atoms with van der Waals surface area (Å²) in [4.78, 5) is 0. The van der Waals surface area contributed by atoms with Crippen LogP contribution in [0.15, 0.2) is 58.4 Å². The Bertz CT molecular complexity index is 967. The number of aromatic hydroxyl groups is 1. The van der Waals surface area contributed by atoms with Gasteiger partial charge in [-0.15, -0.1) is 0 Å². The molecular formula is C16H12BrClN4OS. The number of rotatable bonds is 4. The average molecular weight is 424 g/mol. The van der Waals surface area contributed by atoms with Crippen LogP contribution in [0.25, 0.3) is 0 Å². The Labute approximate surface area is 157 Å². The van der Waals surface area contributed by atoms with Crippen LogP contribution in [0.5, 0.6) is 5.75 Å². The van der Waals surface area contributed by atoms with Crippen molar-refractivity contribution < 1.29 is 5.11 Å². The molecule has 2 aromatic carbocycles. The van der Waals surface area contributed by atoms with Crippen LogP contribution in [0.4, 0.5) is 0 Å². The number of halogens is 2. The van der Waals surface area contributed by atoms with Crippen molar-refractivity contribution in [1.29, 1.82) is 0 Å². The normalized spacial score (nSPS) is 11.2. The highest BCUT2D eigenvalue weighted by atomic mass is 79.9. The van der Waals surface area contributed by atoms with Gasteiger partial charge in [-0.2, -0.15) is 14.9 Å². The highest BCUT2D eigenvalue weighted by Gasteiger charge is 2.05. The van der Waals surface area contributed by atoms with Crippen molar-refractivity contribution in [2.75, 3.05) is 0 Å². The average Bonchev–Trinajstić information content (AvgIpc) is 2.91. The third kappa shape index (κ3) is 3.75. The van der Waals surface area contributed by atoms with Crippen LogP contribution < -0.4 is 0 Å². The topological polar surface area (TPSA) is 55.3 Å². The SMILES string of the molecule is Oc1ccc(Br)cc1/C=N/n1cnn(Cc2ccccc2Cl)c1=S. The number of phenolic OH excluding ortho intramolecular Hbond substituents is 1. The van der Waals surface area contributed by atoms with E-state index in [1.54, 1.807) is 22.9 Å². The molecule has 1 aromatic heterocycles. The Morgan fingerprint density at radius 3 is 2.88 bits per heavy atom. The lowest BCUT2D eigenvalue weighted by atomic mass is 10.2. The van der Waals surface area contributed by atoms with Gasteiger partial charge in [0.1, 0.15) is 12.1 Å². The molecule has 0 atom stereocenters. The van der Waals surface area contributed by atoms with Crippen LogP contribution in [-0.4, -0.2) is 25.8 Å². The second kappa shape index (κ2) is 7.29. The molecule has 0 aliphatic carbocycles. The molecule has 1 heterocycles. The van der Waals surface area contributed by atoms with E-state index in [1.807, 2.05) is 24.3 Å². The van der Waals surface area contributed by atoms with Crippen molar-refractivity contribution in [1.82, 2.24) is 14.5 Å². The Morgan fingerprint density at radius 1 is 1.29 bits per heavy atom. The molecule has 0 fully saturated rings. The number of phenols is 1. The summed E-state index contributed by atoms with van der Waals surface area (Å²) in [6.07, 6.45) is 3.04. The van der Waals surface area contributed by atoms with Crippen molar-refractivity contribution in [3.63, 3.8) is 0 Å². The predicted molar refractivity (Wildman–Crippen MR) is 100 cm³/mol. The van der Waals surface area contributed by atoms with Crippen LogP contribution in [0.1, 0.15) is 11.1 Å². The molecule has 0 unspecified atom stereocenters. The lowest BCUT2D eigenvalue weighted by molar-refractivity contribution is 0.474. The van der Waals surface area contributed by atoms with Gasteiger partial charge in [-0.1, -0.05) is 45.7 Å². The van der Waals surface area contributed by atoms with Gasteiger partial charge < -0.3 is 5.11 Å². The largest absolute Gasteiger partial charge is 0.507 e. The lowest BCUT2D eigenvalue weighted by Gasteiger charge is -2.03. The van der Waals surface area contributed by atoms with Gasteiger partial charge in [0.15, 0.2) is 0 Å². The third-order valence-corrected chi connectivity index (χ3v) is 4.57. The van der Waals surface area contributed by atoms with Crippen molar-refractivity contribution in [3.8, 4) is 5.75 Å². The molecule has 122 valence electrons. The highest BCUT2D eigenvalue weighted by molar-refractivity contribution is 9.10. The maximum absolute atomic E-state index is 9.83. The van der Waals surface area contributed by atoms with E-state index in [-0.39, 0.29) is 5.75 Å². The molecule has 0 aliphatic rings. The molecule has 0 amide bonds. The lowest BCUT2D eigenvalue weighted by Crippen LogP contribution is -2.03. The minimum atomic E-state index is 0.136. The molecule has 1 N–H and O–H groups in total. The fraction of sp³-hybridized carbons (Fsp3) is 0.0625. The minimum Gasteiger partial charge on any atom is -0.507 e. The predicted octanol–water partition coefficient (Wildman–Crippen LogP) is 4.47. The molecule has 0 radical (unpaired) electrons. The number of hydrogen-bond donors (Lipinski definition) is 1. The summed E-state index contributed by atoms with van der Waals surface area (Å²) in [5.41, 5.74) is 1.50. The second-order valence-electron chi connectivity index (χ2n) is 4.95. The molecular weight excluding hydrogens is 412 g/mol. The summed E-state index contributed by atoms with van der Waals surface area (Å²) in [6, 6.07) is 12.6. The zero-order valence-electron chi connectivity index (χ0n) is 12.3. The first kappa shape index (κ1) is 16.9. The van der Waals surface area contributed by atoms with Crippen molar-refractivity contribution >= 4 is 46.0 Å². The van der Waals surface area contributed by atoms with Crippen molar-refractivity contribution in [2.24, 2.45) is 5.10 Å². The monoisotopic (exact) mass is 422 g/mol. The zero-order valence-corrected chi connectivity index (χ0v) is 15.5. The number of aromatic nitrogens is 3. The molecule has 0 saturated carbocycles. The van der Waals surface area contributed by atoms with E-state index in [1.165, 1.54) is 17.2 Å². The van der Waals surface area contributed by atoms with Gasteiger partial charge in [-0.3, -0.25) is 0 Å². The molecule has 0 spiro atoms. The van der Waals surface area contributed by atoms with E-state index in [0.717, 1.165) is 10.0 Å².